The monoisotopic (exact) mass is 741 g/mol. The van der Waals surface area contributed by atoms with Crippen LogP contribution in [-0.4, -0.2) is 0 Å². The zero-order valence-electron chi connectivity index (χ0n) is 31.5. The zero-order valence-corrected chi connectivity index (χ0v) is 31.5. The summed E-state index contributed by atoms with van der Waals surface area (Å²) < 4.78 is 13.0. The Morgan fingerprint density at radius 3 is 1.71 bits per heavy atom. The number of hydrogen-bond donors (Lipinski definition) is 0. The van der Waals surface area contributed by atoms with Gasteiger partial charge in [-0.3, -0.25) is 0 Å². The van der Waals surface area contributed by atoms with Gasteiger partial charge in [0.05, 0.1) is 11.1 Å². The molecule has 0 radical (unpaired) electrons. The summed E-state index contributed by atoms with van der Waals surface area (Å²) in [6.45, 7) is 0. The normalized spacial score (nSPS) is 13.1. The molecule has 272 valence electrons. The lowest BCUT2D eigenvalue weighted by atomic mass is 9.66. The summed E-state index contributed by atoms with van der Waals surface area (Å²) >= 11 is 0. The molecule has 10 aromatic rings. The van der Waals surface area contributed by atoms with Crippen molar-refractivity contribution >= 4 is 39.0 Å². The van der Waals surface area contributed by atoms with Gasteiger partial charge in [-0.05, 0) is 93.5 Å². The average Bonchev–Trinajstić information content (AvgIpc) is 3.80. The second kappa shape index (κ2) is 12.7. The van der Waals surface area contributed by atoms with E-state index in [9.17, 15) is 0 Å². The lowest BCUT2D eigenvalue weighted by Gasteiger charge is -2.39. The van der Waals surface area contributed by atoms with Gasteiger partial charge in [0.2, 0.25) is 0 Å². The average molecular weight is 742 g/mol. The lowest BCUT2D eigenvalue weighted by molar-refractivity contribution is 0.436. The van der Waals surface area contributed by atoms with Gasteiger partial charge in [-0.25, -0.2) is 0 Å². The molecule has 0 saturated carbocycles. The van der Waals surface area contributed by atoms with Crippen LogP contribution in [0.15, 0.2) is 217 Å². The molecule has 58 heavy (non-hydrogen) atoms. The molecule has 3 heteroatoms. The number of nitrogens with zero attached hydrogens (tertiary/aromatic N) is 1. The summed E-state index contributed by atoms with van der Waals surface area (Å²) in [5.41, 5.74) is 16.4. The van der Waals surface area contributed by atoms with E-state index in [1.165, 1.54) is 44.5 Å². The molecule has 0 N–H and O–H groups in total. The highest BCUT2D eigenvalue weighted by molar-refractivity contribution is 6.06. The summed E-state index contributed by atoms with van der Waals surface area (Å²) in [5, 5.41) is 2.23. The largest absolute Gasteiger partial charge is 0.457 e. The van der Waals surface area contributed by atoms with Gasteiger partial charge in [0, 0.05) is 44.9 Å². The Morgan fingerprint density at radius 2 is 0.914 bits per heavy atom. The van der Waals surface area contributed by atoms with Crippen LogP contribution in [-0.2, 0) is 5.41 Å². The Labute approximate surface area is 336 Å². The summed E-state index contributed by atoms with van der Waals surface area (Å²) in [7, 11) is 0. The van der Waals surface area contributed by atoms with E-state index < -0.39 is 5.41 Å². The molecule has 1 aromatic heterocycles. The Bertz CT molecular complexity index is 3170. The molecule has 0 saturated heterocycles. The smallest absolute Gasteiger partial charge is 0.137 e. The van der Waals surface area contributed by atoms with E-state index in [2.05, 4.69) is 205 Å². The van der Waals surface area contributed by atoms with Crippen LogP contribution in [0.3, 0.4) is 0 Å². The Hall–Kier alpha value is -7.62. The molecule has 0 amide bonds. The maximum absolute atomic E-state index is 6.58. The highest BCUT2D eigenvalue weighted by Crippen LogP contribution is 2.62. The van der Waals surface area contributed by atoms with Crippen molar-refractivity contribution in [1.29, 1.82) is 0 Å². The van der Waals surface area contributed by atoms with Gasteiger partial charge in [-0.1, -0.05) is 152 Å². The highest BCUT2D eigenvalue weighted by atomic mass is 16.5. The van der Waals surface area contributed by atoms with E-state index in [1.54, 1.807) is 0 Å². The van der Waals surface area contributed by atoms with Crippen LogP contribution < -0.4 is 9.64 Å². The molecule has 3 nitrogen and oxygen atoms in total. The van der Waals surface area contributed by atoms with Crippen molar-refractivity contribution in [2.45, 2.75) is 5.41 Å². The minimum Gasteiger partial charge on any atom is -0.457 e. The minimum atomic E-state index is -0.510. The van der Waals surface area contributed by atoms with Crippen molar-refractivity contribution < 1.29 is 9.15 Å². The number of furan rings is 1. The Kier molecular flexibility index (Phi) is 7.14. The van der Waals surface area contributed by atoms with Gasteiger partial charge in [0.1, 0.15) is 22.7 Å². The van der Waals surface area contributed by atoms with Crippen molar-refractivity contribution in [3.63, 3.8) is 0 Å². The van der Waals surface area contributed by atoms with Crippen LogP contribution >= 0.6 is 0 Å². The first-order chi connectivity index (χ1) is 28.8. The van der Waals surface area contributed by atoms with E-state index in [-0.39, 0.29) is 0 Å². The summed E-state index contributed by atoms with van der Waals surface area (Å²) in [6.07, 6.45) is 0. The quantitative estimate of drug-likeness (QED) is 0.176. The van der Waals surface area contributed by atoms with Gasteiger partial charge in [0.15, 0.2) is 0 Å². The van der Waals surface area contributed by atoms with Crippen molar-refractivity contribution in [3.8, 4) is 44.9 Å². The van der Waals surface area contributed by atoms with Gasteiger partial charge < -0.3 is 14.1 Å². The van der Waals surface area contributed by atoms with Gasteiger partial charge in [-0.15, -0.1) is 0 Å². The van der Waals surface area contributed by atoms with Crippen LogP contribution in [0, 0.1) is 0 Å². The van der Waals surface area contributed by atoms with Crippen molar-refractivity contribution in [1.82, 2.24) is 0 Å². The first-order valence-corrected chi connectivity index (χ1v) is 19.8. The summed E-state index contributed by atoms with van der Waals surface area (Å²) in [5.74, 6) is 1.79. The van der Waals surface area contributed by atoms with E-state index >= 15 is 0 Å². The standard InChI is InChI=1S/C55H35NO2/c1-2-14-36(15-3-1)37-26-29-39(30-27-37)56(40-31-32-44-43-18-6-11-23-51(43)57-54(44)35-40)50-22-10-5-16-41(50)38-28-33-47-45(34-38)42-17-4-7-19-46(42)55(47)48-20-8-12-24-52(48)58-53-25-13-9-21-49(53)55/h1-35H. The van der Waals surface area contributed by atoms with Crippen LogP contribution in [0.1, 0.15) is 22.3 Å². The molecule has 1 aliphatic heterocycles. The lowest BCUT2D eigenvalue weighted by Crippen LogP contribution is -2.32. The van der Waals surface area contributed by atoms with Gasteiger partial charge in [-0.2, -0.15) is 0 Å². The number of rotatable bonds is 5. The molecule has 2 aliphatic rings. The second-order valence-electron chi connectivity index (χ2n) is 15.2. The van der Waals surface area contributed by atoms with E-state index in [0.717, 1.165) is 61.6 Å². The third kappa shape index (κ3) is 4.74. The molecule has 0 unspecified atom stereocenters. The van der Waals surface area contributed by atoms with Crippen molar-refractivity contribution in [3.05, 3.63) is 235 Å². The number of ether oxygens (including phenoxy) is 1. The molecular formula is C55H35NO2. The number of benzene rings is 9. The maximum atomic E-state index is 6.58. The third-order valence-corrected chi connectivity index (χ3v) is 12.2. The topological polar surface area (TPSA) is 25.6 Å². The summed E-state index contributed by atoms with van der Waals surface area (Å²) in [4.78, 5) is 2.37. The molecule has 0 fully saturated rings. The fourth-order valence-electron chi connectivity index (χ4n) is 9.65. The molecule has 2 heterocycles. The van der Waals surface area contributed by atoms with Gasteiger partial charge >= 0.3 is 0 Å². The molecule has 1 aliphatic carbocycles. The van der Waals surface area contributed by atoms with E-state index in [1.807, 2.05) is 12.1 Å². The van der Waals surface area contributed by atoms with Crippen molar-refractivity contribution in [2.75, 3.05) is 4.90 Å². The molecule has 0 bridgehead atoms. The first kappa shape index (κ1) is 32.6. The predicted octanol–water partition coefficient (Wildman–Crippen LogP) is 14.9. The fourth-order valence-corrected chi connectivity index (χ4v) is 9.65. The molecule has 1 spiro atoms. The maximum Gasteiger partial charge on any atom is 0.137 e. The molecule has 12 rings (SSSR count). The Morgan fingerprint density at radius 1 is 0.345 bits per heavy atom. The van der Waals surface area contributed by atoms with Crippen LogP contribution in [0.5, 0.6) is 11.5 Å². The van der Waals surface area contributed by atoms with Crippen molar-refractivity contribution in [2.24, 2.45) is 0 Å². The number of hydrogen-bond acceptors (Lipinski definition) is 3. The second-order valence-corrected chi connectivity index (χ2v) is 15.2. The van der Waals surface area contributed by atoms with Crippen LogP contribution in [0.4, 0.5) is 17.1 Å². The zero-order chi connectivity index (χ0) is 38.2. The molecule has 0 atom stereocenters. The number of para-hydroxylation sites is 4. The van der Waals surface area contributed by atoms with Crippen LogP contribution in [0.2, 0.25) is 0 Å². The molecular weight excluding hydrogens is 707 g/mol. The highest BCUT2D eigenvalue weighted by Gasteiger charge is 2.51. The molecule has 9 aromatic carbocycles. The van der Waals surface area contributed by atoms with Gasteiger partial charge in [0.25, 0.3) is 0 Å². The SMILES string of the molecule is c1ccc(-c2ccc(N(c3ccc4c(c3)oc3ccccc34)c3ccccc3-c3ccc4c(c3)-c3ccccc3C43c4ccccc4Oc4ccccc43)cc2)cc1. The van der Waals surface area contributed by atoms with E-state index in [4.69, 9.17) is 9.15 Å². The predicted molar refractivity (Wildman–Crippen MR) is 237 cm³/mol. The summed E-state index contributed by atoms with van der Waals surface area (Å²) in [6, 6.07) is 76.1. The minimum absolute atomic E-state index is 0.510. The van der Waals surface area contributed by atoms with Crippen LogP contribution in [0.25, 0.3) is 55.3 Å². The first-order valence-electron chi connectivity index (χ1n) is 19.8. The number of anilines is 3. The van der Waals surface area contributed by atoms with E-state index in [0.29, 0.717) is 0 Å². The Balaban J connectivity index is 1.06. The number of fused-ring (bicyclic) bond motifs is 12. The third-order valence-electron chi connectivity index (χ3n) is 12.2. The fraction of sp³-hybridized carbons (Fsp3) is 0.0182.